The molecule has 3 saturated heterocycles. The van der Waals surface area contributed by atoms with Crippen LogP contribution in [0.4, 0.5) is 21.1 Å². The van der Waals surface area contributed by atoms with Crippen molar-refractivity contribution in [3.8, 4) is 11.4 Å². The molecule has 7 rings (SSSR count). The highest BCUT2D eigenvalue weighted by Gasteiger charge is 2.32. The fraction of sp³-hybridized carbons (Fsp3) is 0.500. The van der Waals surface area contributed by atoms with Crippen molar-refractivity contribution in [2.24, 2.45) is 0 Å². The van der Waals surface area contributed by atoms with Crippen molar-refractivity contribution in [3.05, 3.63) is 48.5 Å². The SMILES string of the molecule is C[C@H]1COC(=O)N1c1ccc2c(c1)c(-c1cc3ccccc3c(N3CCCC[C@H](NC(=O)OC(C)(C)C)C3)n1)nn2C1CCCCO1. The van der Waals surface area contributed by atoms with E-state index in [1.807, 2.05) is 62.7 Å². The highest BCUT2D eigenvalue weighted by atomic mass is 16.6. The van der Waals surface area contributed by atoms with Gasteiger partial charge in [-0.2, -0.15) is 5.10 Å². The largest absolute Gasteiger partial charge is 0.447 e. The Labute approximate surface area is 275 Å². The average Bonchev–Trinajstić information content (AvgIpc) is 3.50. The van der Waals surface area contributed by atoms with Gasteiger partial charge >= 0.3 is 12.2 Å². The van der Waals surface area contributed by atoms with Crippen molar-refractivity contribution in [1.82, 2.24) is 20.1 Å². The third kappa shape index (κ3) is 6.45. The highest BCUT2D eigenvalue weighted by molar-refractivity contribution is 6.01. The minimum atomic E-state index is -0.567. The Kier molecular flexibility index (Phi) is 8.42. The van der Waals surface area contributed by atoms with Crippen molar-refractivity contribution in [3.63, 3.8) is 0 Å². The van der Waals surface area contributed by atoms with Crippen LogP contribution in [0, 0.1) is 0 Å². The van der Waals surface area contributed by atoms with Gasteiger partial charge in [-0.15, -0.1) is 0 Å². The van der Waals surface area contributed by atoms with Gasteiger partial charge in [0.2, 0.25) is 0 Å². The molecular formula is C36H44N6O5. The maximum atomic E-state index is 12.7. The third-order valence-corrected chi connectivity index (χ3v) is 9.14. The van der Waals surface area contributed by atoms with E-state index in [1.165, 1.54) is 0 Å². The number of aromatic nitrogens is 3. The predicted molar refractivity (Wildman–Crippen MR) is 182 cm³/mol. The second-order valence-corrected chi connectivity index (χ2v) is 13.9. The molecule has 11 heteroatoms. The van der Waals surface area contributed by atoms with E-state index < -0.39 is 11.7 Å². The molecule has 2 aromatic carbocycles. The Hall–Kier alpha value is -4.38. The van der Waals surface area contributed by atoms with Gasteiger partial charge in [-0.25, -0.2) is 19.3 Å². The standard InChI is InChI=1S/C36H44N6O5/c1-23-22-46-35(44)41(23)26-15-16-30-28(20-26)32(39-42(30)31-14-8-10-18-45-31)29-19-24-11-5-6-13-27(24)33(38-29)40-17-9-7-12-25(21-40)37-34(43)47-36(2,3)4/h5-6,11,13,15-16,19-20,23,25,31H,7-10,12,14,17-18,21-22H2,1-4H3,(H,37,43)/t23-,25-,31?/m0/s1. The molecule has 2 aromatic heterocycles. The average molecular weight is 641 g/mol. The van der Waals surface area contributed by atoms with Gasteiger partial charge in [0.25, 0.3) is 0 Å². The molecule has 0 radical (unpaired) electrons. The molecule has 1 unspecified atom stereocenters. The Morgan fingerprint density at radius 2 is 1.85 bits per heavy atom. The van der Waals surface area contributed by atoms with E-state index in [9.17, 15) is 9.59 Å². The molecule has 5 heterocycles. The Balaban J connectivity index is 1.32. The van der Waals surface area contributed by atoms with Crippen molar-refractivity contribution in [2.45, 2.75) is 90.1 Å². The smallest absolute Gasteiger partial charge is 0.414 e. The van der Waals surface area contributed by atoms with Gasteiger partial charge in [-0.3, -0.25) is 4.90 Å². The van der Waals surface area contributed by atoms with Gasteiger partial charge in [0, 0.05) is 42.2 Å². The number of amides is 2. The maximum absolute atomic E-state index is 12.7. The summed E-state index contributed by atoms with van der Waals surface area (Å²) in [6.07, 6.45) is 4.91. The zero-order valence-electron chi connectivity index (χ0n) is 27.7. The van der Waals surface area contributed by atoms with Gasteiger partial charge in [-0.05, 0) is 95.9 Å². The summed E-state index contributed by atoms with van der Waals surface area (Å²) in [5.41, 5.74) is 2.61. The Morgan fingerprint density at radius 3 is 2.62 bits per heavy atom. The summed E-state index contributed by atoms with van der Waals surface area (Å²) in [7, 11) is 0. The van der Waals surface area contributed by atoms with Gasteiger partial charge in [0.15, 0.2) is 6.23 Å². The zero-order chi connectivity index (χ0) is 32.7. The Morgan fingerprint density at radius 1 is 1.02 bits per heavy atom. The Bertz CT molecular complexity index is 1790. The minimum Gasteiger partial charge on any atom is -0.447 e. The molecule has 1 N–H and O–H groups in total. The van der Waals surface area contributed by atoms with Gasteiger partial charge in [0.05, 0.1) is 17.3 Å². The first-order valence-electron chi connectivity index (χ1n) is 16.9. The van der Waals surface area contributed by atoms with E-state index in [1.54, 1.807) is 4.90 Å². The van der Waals surface area contributed by atoms with Crippen molar-refractivity contribution < 1.29 is 23.8 Å². The third-order valence-electron chi connectivity index (χ3n) is 9.14. The molecule has 2 amide bonds. The zero-order valence-corrected chi connectivity index (χ0v) is 27.7. The van der Waals surface area contributed by atoms with E-state index in [2.05, 4.69) is 28.4 Å². The van der Waals surface area contributed by atoms with E-state index in [-0.39, 0.29) is 24.4 Å². The molecule has 3 atom stereocenters. The number of hydrogen-bond donors (Lipinski definition) is 1. The lowest BCUT2D eigenvalue weighted by Gasteiger charge is -2.28. The van der Waals surface area contributed by atoms with Crippen LogP contribution < -0.4 is 15.1 Å². The lowest BCUT2D eigenvalue weighted by Crippen LogP contribution is -2.45. The van der Waals surface area contributed by atoms with Gasteiger partial charge < -0.3 is 24.4 Å². The van der Waals surface area contributed by atoms with Crippen LogP contribution in [0.1, 0.15) is 72.4 Å². The number of pyridine rings is 1. The summed E-state index contributed by atoms with van der Waals surface area (Å²) in [5.74, 6) is 0.862. The number of nitrogens with zero attached hydrogens (tertiary/aromatic N) is 5. The van der Waals surface area contributed by atoms with E-state index >= 15 is 0 Å². The number of anilines is 2. The molecule has 4 aromatic rings. The molecule has 47 heavy (non-hydrogen) atoms. The molecular weight excluding hydrogens is 596 g/mol. The number of fused-ring (bicyclic) bond motifs is 2. The number of carbonyl (C=O) groups excluding carboxylic acids is 2. The molecule has 0 bridgehead atoms. The number of benzene rings is 2. The first-order valence-corrected chi connectivity index (χ1v) is 16.9. The first-order chi connectivity index (χ1) is 22.6. The van der Waals surface area contributed by atoms with Crippen LogP contribution in [0.3, 0.4) is 0 Å². The van der Waals surface area contributed by atoms with Gasteiger partial charge in [0.1, 0.15) is 23.7 Å². The van der Waals surface area contributed by atoms with Crippen LogP contribution in [0.2, 0.25) is 0 Å². The lowest BCUT2D eigenvalue weighted by molar-refractivity contribution is -0.0365. The number of alkyl carbamates (subject to hydrolysis) is 1. The summed E-state index contributed by atoms with van der Waals surface area (Å²) in [6, 6.07) is 16.3. The second kappa shape index (κ2) is 12.7. The quantitative estimate of drug-likeness (QED) is 0.244. The summed E-state index contributed by atoms with van der Waals surface area (Å²) in [6.45, 7) is 10.1. The normalized spacial score (nSPS) is 22.4. The lowest BCUT2D eigenvalue weighted by atomic mass is 10.1. The van der Waals surface area contributed by atoms with E-state index in [4.69, 9.17) is 24.3 Å². The maximum Gasteiger partial charge on any atom is 0.414 e. The van der Waals surface area contributed by atoms with Crippen LogP contribution in [0.25, 0.3) is 33.1 Å². The van der Waals surface area contributed by atoms with E-state index in [0.29, 0.717) is 19.8 Å². The molecule has 11 nitrogen and oxygen atoms in total. The fourth-order valence-electron chi connectivity index (χ4n) is 6.95. The minimum absolute atomic E-state index is 0.0733. The molecule has 3 aliphatic heterocycles. The molecule has 248 valence electrons. The predicted octanol–water partition coefficient (Wildman–Crippen LogP) is 7.18. The first kappa shape index (κ1) is 31.2. The number of carbonyl (C=O) groups is 2. The number of rotatable bonds is 5. The van der Waals surface area contributed by atoms with Crippen LogP contribution in [0.5, 0.6) is 0 Å². The fourth-order valence-corrected chi connectivity index (χ4v) is 6.95. The number of nitrogens with one attached hydrogen (secondary N) is 1. The van der Waals surface area contributed by atoms with Crippen LogP contribution >= 0.6 is 0 Å². The van der Waals surface area contributed by atoms with Crippen molar-refractivity contribution in [1.29, 1.82) is 0 Å². The van der Waals surface area contributed by atoms with E-state index in [0.717, 1.165) is 89.6 Å². The topological polar surface area (TPSA) is 111 Å². The molecule has 3 aliphatic rings. The highest BCUT2D eigenvalue weighted by Crippen LogP contribution is 2.38. The monoisotopic (exact) mass is 640 g/mol. The number of cyclic esters (lactones) is 1. The number of hydrogen-bond acceptors (Lipinski definition) is 8. The summed E-state index contributed by atoms with van der Waals surface area (Å²) in [4.78, 5) is 34.8. The molecule has 0 spiro atoms. The van der Waals surface area contributed by atoms with Crippen molar-refractivity contribution >= 4 is 45.4 Å². The van der Waals surface area contributed by atoms with Gasteiger partial charge in [-0.1, -0.05) is 24.3 Å². The number of ether oxygens (including phenoxy) is 3. The summed E-state index contributed by atoms with van der Waals surface area (Å²) in [5, 5.41) is 11.3. The van der Waals surface area contributed by atoms with Crippen molar-refractivity contribution in [2.75, 3.05) is 36.1 Å². The van der Waals surface area contributed by atoms with Crippen LogP contribution in [-0.4, -0.2) is 70.9 Å². The molecule has 3 fully saturated rings. The molecule has 0 saturated carbocycles. The summed E-state index contributed by atoms with van der Waals surface area (Å²) >= 11 is 0. The second-order valence-electron chi connectivity index (χ2n) is 13.9. The molecule has 0 aliphatic carbocycles. The summed E-state index contributed by atoms with van der Waals surface area (Å²) < 4.78 is 19.1. The van der Waals surface area contributed by atoms with Crippen LogP contribution in [-0.2, 0) is 14.2 Å². The van der Waals surface area contributed by atoms with Crippen LogP contribution in [0.15, 0.2) is 48.5 Å².